The second-order valence-electron chi connectivity index (χ2n) is 5.98. The number of hydrogen-bond donors (Lipinski definition) is 1. The van der Waals surface area contributed by atoms with Gasteiger partial charge in [0.25, 0.3) is 0 Å². The number of piperazine rings is 1. The van der Waals surface area contributed by atoms with Crippen LogP contribution < -0.4 is 5.32 Å². The predicted octanol–water partition coefficient (Wildman–Crippen LogP) is 2.56. The number of nitrogens with one attached hydrogen (secondary N) is 1. The Labute approximate surface area is 114 Å². The summed E-state index contributed by atoms with van der Waals surface area (Å²) in [6.45, 7) is 7.76. The Bertz CT molecular complexity index is 409. The van der Waals surface area contributed by atoms with Crippen LogP contribution in [0.25, 0.3) is 0 Å². The smallest absolute Gasteiger partial charge is 0.107 e. The molecule has 2 aliphatic rings. The number of rotatable bonds is 2. The van der Waals surface area contributed by atoms with Crippen LogP contribution in [0.15, 0.2) is 5.38 Å². The monoisotopic (exact) mass is 265 g/mol. The molecule has 0 radical (unpaired) electrons. The first kappa shape index (κ1) is 12.6. The van der Waals surface area contributed by atoms with Gasteiger partial charge in [-0.25, -0.2) is 4.98 Å². The van der Waals surface area contributed by atoms with Gasteiger partial charge in [-0.1, -0.05) is 12.8 Å². The fourth-order valence-electron chi connectivity index (χ4n) is 3.46. The van der Waals surface area contributed by atoms with E-state index in [9.17, 15) is 0 Å². The fraction of sp³-hybridized carbons (Fsp3) is 0.786. The lowest BCUT2D eigenvalue weighted by Crippen LogP contribution is -2.62. The number of thiazole rings is 1. The van der Waals surface area contributed by atoms with E-state index in [4.69, 9.17) is 0 Å². The van der Waals surface area contributed by atoms with E-state index in [1.54, 1.807) is 0 Å². The van der Waals surface area contributed by atoms with Crippen molar-refractivity contribution >= 4 is 11.3 Å². The molecule has 1 aromatic heterocycles. The largest absolute Gasteiger partial charge is 0.311 e. The van der Waals surface area contributed by atoms with Crippen molar-refractivity contribution < 1.29 is 0 Å². The van der Waals surface area contributed by atoms with Crippen LogP contribution >= 0.6 is 11.3 Å². The third-order valence-electron chi connectivity index (χ3n) is 4.47. The topological polar surface area (TPSA) is 28.2 Å². The van der Waals surface area contributed by atoms with Gasteiger partial charge in [0, 0.05) is 35.7 Å². The number of hydrogen-bond acceptors (Lipinski definition) is 4. The van der Waals surface area contributed by atoms with E-state index in [1.807, 2.05) is 11.3 Å². The number of nitrogens with zero attached hydrogens (tertiary/aromatic N) is 2. The molecule has 2 heterocycles. The predicted molar refractivity (Wildman–Crippen MR) is 75.9 cm³/mol. The highest BCUT2D eigenvalue weighted by Gasteiger charge is 2.42. The van der Waals surface area contributed by atoms with E-state index in [-0.39, 0.29) is 0 Å². The molecule has 1 aromatic rings. The number of aryl methyl sites for hydroxylation is 1. The maximum Gasteiger partial charge on any atom is 0.107 e. The molecule has 0 aromatic carbocycles. The second-order valence-corrected chi connectivity index (χ2v) is 6.92. The summed E-state index contributed by atoms with van der Waals surface area (Å²) in [5.41, 5.74) is 1.59. The molecule has 4 heteroatoms. The van der Waals surface area contributed by atoms with E-state index in [0.717, 1.165) is 6.54 Å². The Morgan fingerprint density at radius 1 is 1.50 bits per heavy atom. The summed E-state index contributed by atoms with van der Waals surface area (Å²) in [7, 11) is 0. The molecule has 3 nitrogen and oxygen atoms in total. The lowest BCUT2D eigenvalue weighted by atomic mass is 9.91. The summed E-state index contributed by atoms with van der Waals surface area (Å²) in [5.74, 6) is 0. The minimum atomic E-state index is 0.423. The lowest BCUT2D eigenvalue weighted by Gasteiger charge is -2.47. The minimum absolute atomic E-state index is 0.423. The Morgan fingerprint density at radius 3 is 2.94 bits per heavy atom. The molecule has 1 saturated carbocycles. The van der Waals surface area contributed by atoms with Crippen molar-refractivity contribution in [3.05, 3.63) is 16.1 Å². The van der Waals surface area contributed by atoms with Crippen LogP contribution in [0, 0.1) is 6.92 Å². The van der Waals surface area contributed by atoms with E-state index in [2.05, 4.69) is 34.4 Å². The molecule has 3 rings (SSSR count). The Morgan fingerprint density at radius 2 is 2.28 bits per heavy atom. The normalized spacial score (nSPS) is 28.0. The molecule has 0 bridgehead atoms. The highest BCUT2D eigenvalue weighted by Crippen LogP contribution is 2.37. The summed E-state index contributed by atoms with van der Waals surface area (Å²) in [4.78, 5) is 7.35. The summed E-state index contributed by atoms with van der Waals surface area (Å²) in [6, 6.07) is 0.609. The zero-order chi connectivity index (χ0) is 12.6. The molecule has 1 atom stereocenters. The molecule has 18 heavy (non-hydrogen) atoms. The van der Waals surface area contributed by atoms with Crippen LogP contribution in [0.5, 0.6) is 0 Å². The van der Waals surface area contributed by atoms with Gasteiger partial charge in [-0.15, -0.1) is 11.3 Å². The van der Waals surface area contributed by atoms with E-state index < -0.39 is 0 Å². The molecule has 1 spiro atoms. The molecule has 1 saturated heterocycles. The van der Waals surface area contributed by atoms with Gasteiger partial charge < -0.3 is 5.32 Å². The molecular weight excluding hydrogens is 242 g/mol. The Kier molecular flexibility index (Phi) is 3.43. The maximum absolute atomic E-state index is 4.64. The van der Waals surface area contributed by atoms with Gasteiger partial charge in [-0.05, 0) is 26.7 Å². The van der Waals surface area contributed by atoms with Gasteiger partial charge in [0.2, 0.25) is 0 Å². The first-order valence-corrected chi connectivity index (χ1v) is 7.95. The highest BCUT2D eigenvalue weighted by molar-refractivity contribution is 7.09. The quantitative estimate of drug-likeness (QED) is 0.891. The van der Waals surface area contributed by atoms with E-state index in [0.29, 0.717) is 11.6 Å². The molecule has 100 valence electrons. The first-order chi connectivity index (χ1) is 8.68. The van der Waals surface area contributed by atoms with Gasteiger partial charge >= 0.3 is 0 Å². The van der Waals surface area contributed by atoms with E-state index in [1.165, 1.54) is 49.5 Å². The van der Waals surface area contributed by atoms with Crippen LogP contribution in [-0.2, 0) is 6.54 Å². The van der Waals surface area contributed by atoms with Gasteiger partial charge in [0.05, 0.1) is 6.54 Å². The molecular formula is C14H23N3S. The van der Waals surface area contributed by atoms with Crippen LogP contribution in [0.4, 0.5) is 0 Å². The van der Waals surface area contributed by atoms with Crippen molar-refractivity contribution in [2.24, 2.45) is 0 Å². The van der Waals surface area contributed by atoms with Gasteiger partial charge in [0.15, 0.2) is 0 Å². The van der Waals surface area contributed by atoms with Crippen LogP contribution in [0.2, 0.25) is 0 Å². The lowest BCUT2D eigenvalue weighted by molar-refractivity contribution is 0.0392. The molecule has 1 aliphatic heterocycles. The second kappa shape index (κ2) is 4.91. The average Bonchev–Trinajstić information content (AvgIpc) is 2.95. The first-order valence-electron chi connectivity index (χ1n) is 7.07. The number of aromatic nitrogens is 1. The van der Waals surface area contributed by atoms with E-state index >= 15 is 0 Å². The molecule has 2 fully saturated rings. The third kappa shape index (κ3) is 2.33. The summed E-state index contributed by atoms with van der Waals surface area (Å²) in [5, 5.41) is 7.13. The van der Waals surface area contributed by atoms with Crippen LogP contribution in [0.3, 0.4) is 0 Å². The zero-order valence-corrected chi connectivity index (χ0v) is 12.2. The summed E-state index contributed by atoms with van der Waals surface area (Å²) in [6.07, 6.45) is 5.50. The maximum atomic E-state index is 4.64. The van der Waals surface area contributed by atoms with Gasteiger partial charge in [-0.3, -0.25) is 4.90 Å². The van der Waals surface area contributed by atoms with Crippen molar-refractivity contribution in [3.63, 3.8) is 0 Å². The molecule has 0 amide bonds. The van der Waals surface area contributed by atoms with Gasteiger partial charge in [-0.2, -0.15) is 0 Å². The molecule has 1 unspecified atom stereocenters. The van der Waals surface area contributed by atoms with Crippen molar-refractivity contribution in [2.45, 2.75) is 57.7 Å². The highest BCUT2D eigenvalue weighted by atomic mass is 32.1. The SMILES string of the molecule is Cc1csc(CN2CC(C)NCC23CCCC3)n1. The van der Waals surface area contributed by atoms with Gasteiger partial charge in [0.1, 0.15) is 5.01 Å². The molecule has 1 aliphatic carbocycles. The minimum Gasteiger partial charge on any atom is -0.311 e. The molecule has 1 N–H and O–H groups in total. The standard InChI is InChI=1S/C14H23N3S/c1-11-7-17(8-13-16-12(2)9-18-13)14(10-15-11)5-3-4-6-14/h9,11,15H,3-8,10H2,1-2H3. The van der Waals surface area contributed by atoms with Crippen LogP contribution in [0.1, 0.15) is 43.3 Å². The van der Waals surface area contributed by atoms with Crippen molar-refractivity contribution in [1.29, 1.82) is 0 Å². The fourth-order valence-corrected chi connectivity index (χ4v) is 4.25. The Hall–Kier alpha value is -0.450. The third-order valence-corrected chi connectivity index (χ3v) is 5.42. The summed E-state index contributed by atoms with van der Waals surface area (Å²) < 4.78 is 0. The van der Waals surface area contributed by atoms with Crippen molar-refractivity contribution in [3.8, 4) is 0 Å². The van der Waals surface area contributed by atoms with Crippen molar-refractivity contribution in [1.82, 2.24) is 15.2 Å². The Balaban J connectivity index is 1.77. The average molecular weight is 265 g/mol. The summed E-state index contributed by atoms with van der Waals surface area (Å²) >= 11 is 1.81. The van der Waals surface area contributed by atoms with Crippen molar-refractivity contribution in [2.75, 3.05) is 13.1 Å². The van der Waals surface area contributed by atoms with Crippen LogP contribution in [-0.4, -0.2) is 34.6 Å². The zero-order valence-electron chi connectivity index (χ0n) is 11.4.